The van der Waals surface area contributed by atoms with E-state index in [2.05, 4.69) is 29.9 Å². The molecule has 10 nitrogen and oxygen atoms in total. The fourth-order valence-corrected chi connectivity index (χ4v) is 3.82. The van der Waals surface area contributed by atoms with Gasteiger partial charge in [-0.15, -0.1) is 0 Å². The van der Waals surface area contributed by atoms with E-state index in [9.17, 15) is 36.2 Å². The van der Waals surface area contributed by atoms with Crippen LogP contribution in [0.2, 0.25) is 0 Å². The topological polar surface area (TPSA) is 150 Å². The molecule has 230 valence electrons. The molecule has 0 atom stereocenters. The summed E-state index contributed by atoms with van der Waals surface area (Å²) >= 11 is 0. The fraction of sp³-hybridized carbons (Fsp3) is 0.179. The number of carboxylic acid groups (broad SMARTS) is 1. The standard InChI is InChI=1S/C18H15F3N4O2.C10H9F3N4/c19-18(20,21)15-7-6-13(8-22-15)14-9-23-16(24-14)11-25(17(26)27)10-12-4-2-1-3-5-12;11-10(12,13)8-2-1-6(4-15-8)7-5-16-9(3-14)17-7/h1-9H,10-11H2,(H,23,24)(H,26,27);1-2,4-5H,3,14H2,(H,16,17). The van der Waals surface area contributed by atoms with Crippen LogP contribution in [0.1, 0.15) is 28.6 Å². The number of hydrogen-bond acceptors (Lipinski definition) is 6. The van der Waals surface area contributed by atoms with E-state index in [0.29, 0.717) is 34.2 Å². The maximum Gasteiger partial charge on any atom is 0.433 e. The molecule has 0 spiro atoms. The molecule has 0 aliphatic heterocycles. The highest BCUT2D eigenvalue weighted by Crippen LogP contribution is 2.29. The van der Waals surface area contributed by atoms with Gasteiger partial charge in [0, 0.05) is 30.1 Å². The Labute approximate surface area is 245 Å². The second kappa shape index (κ2) is 13.4. The van der Waals surface area contributed by atoms with Gasteiger partial charge >= 0.3 is 18.4 Å². The van der Waals surface area contributed by atoms with E-state index in [1.165, 1.54) is 29.4 Å². The van der Waals surface area contributed by atoms with Crippen molar-refractivity contribution < 1.29 is 36.2 Å². The number of alkyl halides is 6. The van der Waals surface area contributed by atoms with Gasteiger partial charge in [0.1, 0.15) is 23.0 Å². The highest BCUT2D eigenvalue weighted by molar-refractivity contribution is 5.65. The van der Waals surface area contributed by atoms with Crippen LogP contribution in [-0.2, 0) is 32.0 Å². The molecular weight excluding hydrogens is 594 g/mol. The summed E-state index contributed by atoms with van der Waals surface area (Å²) in [6.07, 6.45) is -4.84. The van der Waals surface area contributed by atoms with E-state index in [-0.39, 0.29) is 19.6 Å². The lowest BCUT2D eigenvalue weighted by atomic mass is 10.2. The Hall–Kier alpha value is -5.25. The molecule has 16 heteroatoms. The third kappa shape index (κ3) is 8.41. The Morgan fingerprint density at radius 1 is 0.705 bits per heavy atom. The molecule has 44 heavy (non-hydrogen) atoms. The first-order valence-corrected chi connectivity index (χ1v) is 12.7. The van der Waals surface area contributed by atoms with Crippen molar-refractivity contribution in [2.75, 3.05) is 0 Å². The van der Waals surface area contributed by atoms with E-state index in [0.717, 1.165) is 30.1 Å². The zero-order chi connectivity index (χ0) is 31.9. The third-order valence-electron chi connectivity index (χ3n) is 6.01. The van der Waals surface area contributed by atoms with Crippen LogP contribution in [0.4, 0.5) is 31.1 Å². The number of pyridine rings is 2. The minimum absolute atomic E-state index is 0.0122. The highest BCUT2D eigenvalue weighted by Gasteiger charge is 2.33. The molecule has 0 aliphatic rings. The summed E-state index contributed by atoms with van der Waals surface area (Å²) in [4.78, 5) is 33.3. The van der Waals surface area contributed by atoms with Crippen LogP contribution >= 0.6 is 0 Å². The van der Waals surface area contributed by atoms with Gasteiger partial charge in [-0.25, -0.2) is 14.8 Å². The van der Waals surface area contributed by atoms with Gasteiger partial charge in [-0.2, -0.15) is 26.3 Å². The minimum atomic E-state index is -4.50. The number of imidazole rings is 2. The first-order chi connectivity index (χ1) is 20.8. The molecule has 0 aliphatic carbocycles. The molecule has 0 saturated heterocycles. The van der Waals surface area contributed by atoms with Crippen molar-refractivity contribution in [1.29, 1.82) is 0 Å². The first-order valence-electron chi connectivity index (χ1n) is 12.7. The predicted octanol–water partition coefficient (Wildman–Crippen LogP) is 6.12. The molecule has 5 N–H and O–H groups in total. The molecule has 5 rings (SSSR count). The largest absolute Gasteiger partial charge is 0.465 e. The predicted molar refractivity (Wildman–Crippen MR) is 145 cm³/mol. The van der Waals surface area contributed by atoms with E-state index < -0.39 is 29.8 Å². The number of nitrogens with one attached hydrogen (secondary N) is 2. The van der Waals surface area contributed by atoms with Gasteiger partial charge in [0.25, 0.3) is 0 Å². The lowest BCUT2D eigenvalue weighted by Crippen LogP contribution is -2.28. The Morgan fingerprint density at radius 3 is 1.61 bits per heavy atom. The molecule has 1 aromatic carbocycles. The maximum absolute atomic E-state index is 12.6. The van der Waals surface area contributed by atoms with Crippen molar-refractivity contribution in [3.8, 4) is 22.5 Å². The van der Waals surface area contributed by atoms with Crippen LogP contribution in [0.15, 0.2) is 79.4 Å². The van der Waals surface area contributed by atoms with E-state index in [4.69, 9.17) is 5.73 Å². The van der Waals surface area contributed by atoms with Gasteiger partial charge in [0.05, 0.1) is 36.9 Å². The van der Waals surface area contributed by atoms with Crippen molar-refractivity contribution in [1.82, 2.24) is 34.8 Å². The molecule has 0 saturated carbocycles. The number of aromatic amines is 2. The summed E-state index contributed by atoms with van der Waals surface area (Å²) in [7, 11) is 0. The van der Waals surface area contributed by atoms with E-state index in [1.54, 1.807) is 0 Å². The van der Waals surface area contributed by atoms with E-state index in [1.807, 2.05) is 30.3 Å². The van der Waals surface area contributed by atoms with Gasteiger partial charge < -0.3 is 20.8 Å². The number of rotatable bonds is 7. The molecule has 1 amide bonds. The van der Waals surface area contributed by atoms with Gasteiger partial charge in [-0.05, 0) is 29.8 Å². The van der Waals surface area contributed by atoms with Crippen molar-refractivity contribution in [3.05, 3.63) is 108 Å². The van der Waals surface area contributed by atoms with Crippen LogP contribution in [-0.4, -0.2) is 46.0 Å². The van der Waals surface area contributed by atoms with Gasteiger partial charge in [-0.3, -0.25) is 14.9 Å². The number of nitrogens with two attached hydrogens (primary N) is 1. The monoisotopic (exact) mass is 618 g/mol. The van der Waals surface area contributed by atoms with Gasteiger partial charge in [0.2, 0.25) is 0 Å². The summed E-state index contributed by atoms with van der Waals surface area (Å²) in [6, 6.07) is 13.5. The summed E-state index contributed by atoms with van der Waals surface area (Å²) in [5.41, 5.74) is 6.30. The zero-order valence-electron chi connectivity index (χ0n) is 22.6. The fourth-order valence-electron chi connectivity index (χ4n) is 3.82. The normalized spacial score (nSPS) is 11.5. The van der Waals surface area contributed by atoms with Gasteiger partial charge in [-0.1, -0.05) is 30.3 Å². The number of aromatic nitrogens is 6. The number of benzene rings is 1. The number of H-pyrrole nitrogens is 2. The van der Waals surface area contributed by atoms with E-state index >= 15 is 0 Å². The lowest BCUT2D eigenvalue weighted by Gasteiger charge is -2.18. The first kappa shape index (κ1) is 31.7. The van der Waals surface area contributed by atoms with Gasteiger partial charge in [0.15, 0.2) is 0 Å². The molecule has 0 radical (unpaired) electrons. The number of nitrogens with zero attached hydrogens (tertiary/aromatic N) is 5. The maximum atomic E-state index is 12.6. The summed E-state index contributed by atoms with van der Waals surface area (Å²) < 4.78 is 74.6. The summed E-state index contributed by atoms with van der Waals surface area (Å²) in [6.45, 7) is 0.445. The van der Waals surface area contributed by atoms with Crippen LogP contribution in [0, 0.1) is 0 Å². The molecule has 4 heterocycles. The van der Waals surface area contributed by atoms with Crippen molar-refractivity contribution in [3.63, 3.8) is 0 Å². The molecule has 0 fully saturated rings. The second-order valence-corrected chi connectivity index (χ2v) is 9.18. The zero-order valence-corrected chi connectivity index (χ0v) is 22.6. The number of carbonyl (C=O) groups is 1. The molecule has 4 aromatic heterocycles. The number of hydrogen-bond donors (Lipinski definition) is 4. The second-order valence-electron chi connectivity index (χ2n) is 9.18. The Kier molecular flexibility index (Phi) is 9.63. The van der Waals surface area contributed by atoms with Crippen LogP contribution in [0.3, 0.4) is 0 Å². The summed E-state index contributed by atoms with van der Waals surface area (Å²) in [5.74, 6) is 0.947. The molecular formula is C28H24F6N8O2. The Morgan fingerprint density at radius 2 is 1.20 bits per heavy atom. The minimum Gasteiger partial charge on any atom is -0.465 e. The number of amides is 1. The van der Waals surface area contributed by atoms with Crippen LogP contribution < -0.4 is 5.73 Å². The van der Waals surface area contributed by atoms with Crippen molar-refractivity contribution in [2.24, 2.45) is 5.73 Å². The third-order valence-corrected chi connectivity index (χ3v) is 6.01. The molecule has 5 aromatic rings. The average Bonchev–Trinajstić information content (AvgIpc) is 3.67. The van der Waals surface area contributed by atoms with Crippen LogP contribution in [0.25, 0.3) is 22.5 Å². The average molecular weight is 619 g/mol. The van der Waals surface area contributed by atoms with Crippen LogP contribution in [0.5, 0.6) is 0 Å². The number of halogens is 6. The SMILES string of the molecule is NCc1ncc(-c2ccc(C(F)(F)F)nc2)[nH]1.O=C(O)N(Cc1ccccc1)Cc1ncc(-c2ccc(C(F)(F)F)nc2)[nH]1. The Balaban J connectivity index is 0.000000223. The smallest absolute Gasteiger partial charge is 0.433 e. The highest BCUT2D eigenvalue weighted by atomic mass is 19.4. The molecule has 0 bridgehead atoms. The van der Waals surface area contributed by atoms with Crippen molar-refractivity contribution in [2.45, 2.75) is 32.0 Å². The molecule has 0 unspecified atom stereocenters. The van der Waals surface area contributed by atoms with Crippen molar-refractivity contribution >= 4 is 6.09 Å². The Bertz CT molecular complexity index is 1650. The summed E-state index contributed by atoms with van der Waals surface area (Å²) in [5, 5.41) is 9.39. The quantitative estimate of drug-likeness (QED) is 0.161. The lowest BCUT2D eigenvalue weighted by molar-refractivity contribution is -0.141.